The van der Waals surface area contributed by atoms with E-state index in [2.05, 4.69) is 4.90 Å². The number of nitrogens with zero attached hydrogens (tertiary/aromatic N) is 1. The molecule has 1 aliphatic heterocycles. The molecule has 2 fully saturated rings. The molecule has 1 saturated carbocycles. The van der Waals surface area contributed by atoms with Crippen molar-refractivity contribution in [2.45, 2.75) is 25.2 Å². The van der Waals surface area contributed by atoms with Gasteiger partial charge in [0, 0.05) is 25.4 Å². The van der Waals surface area contributed by atoms with Crippen LogP contribution in [0.2, 0.25) is 0 Å². The number of likely N-dealkylation sites (tertiary alicyclic amines) is 1. The molecule has 14 heavy (non-hydrogen) atoms. The maximum Gasteiger partial charge on any atom is 0.252 e. The average molecular weight is 204 g/mol. The van der Waals surface area contributed by atoms with Crippen molar-refractivity contribution < 1.29 is 8.78 Å². The third-order valence-corrected chi connectivity index (χ3v) is 3.59. The van der Waals surface area contributed by atoms with Gasteiger partial charge in [-0.15, -0.1) is 0 Å². The molecule has 0 aromatic heterocycles. The second kappa shape index (κ2) is 3.74. The Morgan fingerprint density at radius 2 is 2.14 bits per heavy atom. The van der Waals surface area contributed by atoms with Gasteiger partial charge in [-0.1, -0.05) is 0 Å². The summed E-state index contributed by atoms with van der Waals surface area (Å²) in [6.07, 6.45) is 1.73. The Kier molecular flexibility index (Phi) is 2.75. The lowest BCUT2D eigenvalue weighted by Gasteiger charge is -2.19. The van der Waals surface area contributed by atoms with Crippen LogP contribution in [0.1, 0.15) is 19.3 Å². The molecule has 1 heterocycles. The van der Waals surface area contributed by atoms with Crippen molar-refractivity contribution in [1.82, 2.24) is 4.90 Å². The van der Waals surface area contributed by atoms with Crippen LogP contribution in [-0.4, -0.2) is 37.0 Å². The summed E-state index contributed by atoms with van der Waals surface area (Å²) in [5.74, 6) is -2.54. The van der Waals surface area contributed by atoms with Crippen molar-refractivity contribution in [2.75, 3.05) is 26.2 Å². The van der Waals surface area contributed by atoms with E-state index < -0.39 is 5.92 Å². The predicted octanol–water partition coefficient (Wildman–Crippen LogP) is 1.31. The van der Waals surface area contributed by atoms with Gasteiger partial charge in [-0.05, 0) is 31.8 Å². The van der Waals surface area contributed by atoms with Crippen LogP contribution in [0, 0.1) is 11.8 Å². The largest absolute Gasteiger partial charge is 0.330 e. The lowest BCUT2D eigenvalue weighted by Crippen LogP contribution is -2.30. The third-order valence-electron chi connectivity index (χ3n) is 3.59. The topological polar surface area (TPSA) is 29.3 Å². The molecule has 4 heteroatoms. The molecule has 0 radical (unpaired) electrons. The average Bonchev–Trinajstić information content (AvgIpc) is 2.65. The van der Waals surface area contributed by atoms with Crippen LogP contribution in [0.4, 0.5) is 8.78 Å². The van der Waals surface area contributed by atoms with E-state index in [1.165, 1.54) is 0 Å². The van der Waals surface area contributed by atoms with Crippen LogP contribution in [0.3, 0.4) is 0 Å². The summed E-state index contributed by atoms with van der Waals surface area (Å²) < 4.78 is 26.7. The van der Waals surface area contributed by atoms with E-state index in [0.29, 0.717) is 19.5 Å². The number of rotatable bonds is 3. The molecule has 0 bridgehead atoms. The highest BCUT2D eigenvalue weighted by molar-refractivity contribution is 4.97. The van der Waals surface area contributed by atoms with E-state index in [-0.39, 0.29) is 18.3 Å². The molecule has 0 aromatic carbocycles. The number of halogens is 2. The molecular formula is C10H18F2N2. The number of hydrogen-bond acceptors (Lipinski definition) is 2. The predicted molar refractivity (Wildman–Crippen MR) is 51.3 cm³/mol. The van der Waals surface area contributed by atoms with Gasteiger partial charge in [-0.25, -0.2) is 8.78 Å². The zero-order chi connectivity index (χ0) is 10.2. The Morgan fingerprint density at radius 1 is 1.36 bits per heavy atom. The highest BCUT2D eigenvalue weighted by Crippen LogP contribution is 2.47. The van der Waals surface area contributed by atoms with Crippen LogP contribution in [-0.2, 0) is 0 Å². The zero-order valence-electron chi connectivity index (χ0n) is 8.38. The normalized spacial score (nSPS) is 36.2. The quantitative estimate of drug-likeness (QED) is 0.751. The standard InChI is InChI=1S/C10H18F2N2/c11-10(12)3-2-8-6-14(5-1-4-13)7-9(8)10/h8-9H,1-7,13H2/t8-,9+/m1/s1. The number of fused-ring (bicyclic) bond motifs is 1. The molecule has 2 aliphatic rings. The summed E-state index contributed by atoms with van der Waals surface area (Å²) in [5, 5.41) is 0. The van der Waals surface area contributed by atoms with E-state index in [0.717, 1.165) is 19.5 Å². The molecule has 0 amide bonds. The number of nitrogens with two attached hydrogens (primary N) is 1. The van der Waals surface area contributed by atoms with Gasteiger partial charge in [-0.3, -0.25) is 0 Å². The monoisotopic (exact) mass is 204 g/mol. The fourth-order valence-corrected chi connectivity index (χ4v) is 2.79. The first kappa shape index (κ1) is 10.3. The van der Waals surface area contributed by atoms with E-state index in [1.54, 1.807) is 0 Å². The van der Waals surface area contributed by atoms with Gasteiger partial charge in [0.25, 0.3) is 5.92 Å². The molecule has 82 valence electrons. The maximum atomic E-state index is 13.3. The van der Waals surface area contributed by atoms with Gasteiger partial charge in [-0.2, -0.15) is 0 Å². The van der Waals surface area contributed by atoms with E-state index in [4.69, 9.17) is 5.73 Å². The molecule has 2 nitrogen and oxygen atoms in total. The summed E-state index contributed by atoms with van der Waals surface area (Å²) in [5.41, 5.74) is 5.40. The molecule has 0 aromatic rings. The molecule has 2 rings (SSSR count). The van der Waals surface area contributed by atoms with Crippen LogP contribution in [0.5, 0.6) is 0 Å². The minimum absolute atomic E-state index is 0.104. The van der Waals surface area contributed by atoms with Crippen LogP contribution >= 0.6 is 0 Å². The van der Waals surface area contributed by atoms with Gasteiger partial charge < -0.3 is 10.6 Å². The second-order valence-corrected chi connectivity index (χ2v) is 4.57. The van der Waals surface area contributed by atoms with E-state index in [1.807, 2.05) is 0 Å². The van der Waals surface area contributed by atoms with Crippen molar-refractivity contribution in [3.8, 4) is 0 Å². The first-order chi connectivity index (χ1) is 6.63. The SMILES string of the molecule is NCCCN1C[C@H]2CCC(F)(F)[C@H]2C1. The minimum Gasteiger partial charge on any atom is -0.330 e. The van der Waals surface area contributed by atoms with Gasteiger partial charge in [0.2, 0.25) is 0 Å². The van der Waals surface area contributed by atoms with Gasteiger partial charge in [0.05, 0.1) is 0 Å². The summed E-state index contributed by atoms with van der Waals surface area (Å²) in [7, 11) is 0. The second-order valence-electron chi connectivity index (χ2n) is 4.57. The fraction of sp³-hybridized carbons (Fsp3) is 1.00. The third kappa shape index (κ3) is 1.77. The molecule has 0 unspecified atom stereocenters. The van der Waals surface area contributed by atoms with Crippen molar-refractivity contribution in [3.63, 3.8) is 0 Å². The summed E-state index contributed by atoms with van der Waals surface area (Å²) >= 11 is 0. The van der Waals surface area contributed by atoms with Gasteiger partial charge in [0.1, 0.15) is 0 Å². The Labute approximate surface area is 83.4 Å². The minimum atomic E-state index is -2.40. The highest BCUT2D eigenvalue weighted by Gasteiger charge is 2.53. The van der Waals surface area contributed by atoms with Crippen LogP contribution in [0.15, 0.2) is 0 Å². The Balaban J connectivity index is 1.88. The summed E-state index contributed by atoms with van der Waals surface area (Å²) in [6.45, 7) is 2.99. The summed E-state index contributed by atoms with van der Waals surface area (Å²) in [6, 6.07) is 0. The highest BCUT2D eigenvalue weighted by atomic mass is 19.3. The van der Waals surface area contributed by atoms with Crippen molar-refractivity contribution in [1.29, 1.82) is 0 Å². The molecule has 0 spiro atoms. The van der Waals surface area contributed by atoms with Gasteiger partial charge in [0.15, 0.2) is 0 Å². The molecule has 2 atom stereocenters. The molecular weight excluding hydrogens is 186 g/mol. The molecule has 2 N–H and O–H groups in total. The van der Waals surface area contributed by atoms with Crippen LogP contribution < -0.4 is 5.73 Å². The van der Waals surface area contributed by atoms with Crippen molar-refractivity contribution in [3.05, 3.63) is 0 Å². The Morgan fingerprint density at radius 3 is 2.79 bits per heavy atom. The van der Waals surface area contributed by atoms with Crippen molar-refractivity contribution >= 4 is 0 Å². The van der Waals surface area contributed by atoms with Gasteiger partial charge >= 0.3 is 0 Å². The Hall–Kier alpha value is -0.220. The Bertz CT molecular complexity index is 208. The first-order valence-electron chi connectivity index (χ1n) is 5.44. The number of alkyl halides is 2. The van der Waals surface area contributed by atoms with Crippen molar-refractivity contribution in [2.24, 2.45) is 17.6 Å². The van der Waals surface area contributed by atoms with Crippen LogP contribution in [0.25, 0.3) is 0 Å². The molecule has 1 aliphatic carbocycles. The lowest BCUT2D eigenvalue weighted by molar-refractivity contribution is -0.0398. The maximum absolute atomic E-state index is 13.3. The first-order valence-corrected chi connectivity index (χ1v) is 5.44. The summed E-state index contributed by atoms with van der Waals surface area (Å²) in [4.78, 5) is 2.15. The fourth-order valence-electron chi connectivity index (χ4n) is 2.79. The zero-order valence-corrected chi connectivity index (χ0v) is 8.38. The molecule has 1 saturated heterocycles. The van der Waals surface area contributed by atoms with E-state index >= 15 is 0 Å². The smallest absolute Gasteiger partial charge is 0.252 e. The van der Waals surface area contributed by atoms with E-state index in [9.17, 15) is 8.78 Å². The number of hydrogen-bond donors (Lipinski definition) is 1. The lowest BCUT2D eigenvalue weighted by atomic mass is 9.99.